The highest BCUT2D eigenvalue weighted by atomic mass is 127. The molecule has 0 saturated carbocycles. The fourth-order valence-corrected chi connectivity index (χ4v) is 2.78. The van der Waals surface area contributed by atoms with Gasteiger partial charge >= 0.3 is 0 Å². The number of hydrogen-bond donors (Lipinski definition) is 0. The molecule has 0 saturated heterocycles. The van der Waals surface area contributed by atoms with Crippen molar-refractivity contribution in [2.75, 3.05) is 7.11 Å². The monoisotopic (exact) mass is 360 g/mol. The minimum absolute atomic E-state index is 0.909. The van der Waals surface area contributed by atoms with Crippen LogP contribution in [-0.2, 0) is 0 Å². The van der Waals surface area contributed by atoms with Gasteiger partial charge < -0.3 is 4.74 Å². The Morgan fingerprint density at radius 3 is 1.95 bits per heavy atom. The van der Waals surface area contributed by atoms with Gasteiger partial charge in [0.15, 0.2) is 0 Å². The Morgan fingerprint density at radius 1 is 0.789 bits per heavy atom. The molecule has 0 spiro atoms. The predicted molar refractivity (Wildman–Crippen MR) is 90.0 cm³/mol. The van der Waals surface area contributed by atoms with Gasteiger partial charge in [-0.15, -0.1) is 0 Å². The first kappa shape index (κ1) is 12.5. The molecule has 1 nitrogen and oxygen atoms in total. The van der Waals surface area contributed by atoms with E-state index >= 15 is 0 Å². The molecule has 0 unspecified atom stereocenters. The second-order valence-corrected chi connectivity index (χ2v) is 5.61. The summed E-state index contributed by atoms with van der Waals surface area (Å²) in [6.45, 7) is 0. The van der Waals surface area contributed by atoms with Gasteiger partial charge in [-0.25, -0.2) is 0 Å². The van der Waals surface area contributed by atoms with Crippen molar-refractivity contribution in [3.05, 3.63) is 62.2 Å². The standard InChI is InChI=1S/C17H13IO/c1-19-17-11-14-8-6-12-2-4-13(5-3-12)7-9-15(17)10-16(14)18/h2-11H,1H3/b8-6-,9-7-,12-6?,13-7?,14-8?,15-9?. The fourth-order valence-electron chi connectivity index (χ4n) is 2.11. The van der Waals surface area contributed by atoms with Crippen LogP contribution in [0.1, 0.15) is 22.3 Å². The Bertz CT molecular complexity index is 666. The first-order valence-corrected chi connectivity index (χ1v) is 7.18. The van der Waals surface area contributed by atoms with E-state index in [0.29, 0.717) is 0 Å². The van der Waals surface area contributed by atoms with Crippen molar-refractivity contribution in [1.82, 2.24) is 0 Å². The maximum atomic E-state index is 5.48. The van der Waals surface area contributed by atoms with Crippen molar-refractivity contribution in [2.24, 2.45) is 0 Å². The third-order valence-corrected chi connectivity index (χ3v) is 4.13. The van der Waals surface area contributed by atoms with Crippen LogP contribution in [0.3, 0.4) is 0 Å². The fraction of sp³-hybridized carbons (Fsp3) is 0.0588. The second-order valence-electron chi connectivity index (χ2n) is 4.45. The molecule has 19 heavy (non-hydrogen) atoms. The molecule has 0 radical (unpaired) electrons. The van der Waals surface area contributed by atoms with Crippen molar-refractivity contribution >= 4 is 46.9 Å². The predicted octanol–water partition coefficient (Wildman–Crippen LogP) is 4.95. The third-order valence-electron chi connectivity index (χ3n) is 3.20. The van der Waals surface area contributed by atoms with Crippen molar-refractivity contribution in [3.63, 3.8) is 0 Å². The Kier molecular flexibility index (Phi) is 3.42. The molecular weight excluding hydrogens is 347 g/mol. The lowest BCUT2D eigenvalue weighted by atomic mass is 10.0. The van der Waals surface area contributed by atoms with E-state index in [0.717, 1.165) is 11.3 Å². The summed E-state index contributed by atoms with van der Waals surface area (Å²) in [6, 6.07) is 12.8. The molecule has 0 aliphatic heterocycles. The molecular formula is C17H13IO. The van der Waals surface area contributed by atoms with Gasteiger partial charge in [-0.2, -0.15) is 0 Å². The number of rotatable bonds is 1. The summed E-state index contributed by atoms with van der Waals surface area (Å²) in [5.41, 5.74) is 4.68. The van der Waals surface area contributed by atoms with Gasteiger partial charge in [0.25, 0.3) is 0 Å². The van der Waals surface area contributed by atoms with E-state index in [1.54, 1.807) is 7.11 Å². The molecule has 0 fully saturated rings. The summed E-state index contributed by atoms with van der Waals surface area (Å²) >= 11 is 2.37. The number of ether oxygens (including phenoxy) is 1. The molecule has 0 amide bonds. The Balaban J connectivity index is 2.24. The molecule has 4 aliphatic carbocycles. The van der Waals surface area contributed by atoms with Crippen LogP contribution in [0.5, 0.6) is 5.75 Å². The summed E-state index contributed by atoms with van der Waals surface area (Å²) in [5, 5.41) is 0. The maximum absolute atomic E-state index is 5.48. The average molecular weight is 360 g/mol. The zero-order chi connectivity index (χ0) is 13.2. The zero-order valence-corrected chi connectivity index (χ0v) is 12.7. The number of methoxy groups -OCH3 is 1. The van der Waals surface area contributed by atoms with Crippen molar-refractivity contribution < 1.29 is 4.74 Å². The molecule has 0 aromatic heterocycles. The smallest absolute Gasteiger partial charge is 0.126 e. The molecule has 0 atom stereocenters. The normalized spacial score (nSPS) is 15.7. The summed E-state index contributed by atoms with van der Waals surface area (Å²) in [5.74, 6) is 0.909. The average Bonchev–Trinajstić information content (AvgIpc) is 2.43. The molecule has 94 valence electrons. The molecule has 0 heterocycles. The molecule has 0 N–H and O–H groups in total. The van der Waals surface area contributed by atoms with Crippen LogP contribution in [0.15, 0.2) is 36.4 Å². The van der Waals surface area contributed by atoms with Gasteiger partial charge in [0, 0.05) is 9.13 Å². The highest BCUT2D eigenvalue weighted by Crippen LogP contribution is 2.28. The van der Waals surface area contributed by atoms with E-state index < -0.39 is 0 Å². The van der Waals surface area contributed by atoms with Crippen LogP contribution in [0.4, 0.5) is 0 Å². The Hall–Kier alpha value is -1.55. The molecule has 6 rings (SSSR count). The van der Waals surface area contributed by atoms with Gasteiger partial charge in [0.05, 0.1) is 7.11 Å². The first-order chi connectivity index (χ1) is 9.26. The van der Waals surface area contributed by atoms with Gasteiger partial charge in [-0.05, 0) is 51.4 Å². The van der Waals surface area contributed by atoms with Crippen LogP contribution in [0.25, 0.3) is 24.3 Å². The molecule has 2 heteroatoms. The van der Waals surface area contributed by atoms with Crippen LogP contribution in [0, 0.1) is 3.57 Å². The van der Waals surface area contributed by atoms with E-state index in [1.165, 1.54) is 20.3 Å². The highest BCUT2D eigenvalue weighted by molar-refractivity contribution is 14.1. The van der Waals surface area contributed by atoms with Crippen molar-refractivity contribution in [1.29, 1.82) is 0 Å². The summed E-state index contributed by atoms with van der Waals surface area (Å²) < 4.78 is 6.70. The molecule has 4 aliphatic rings. The van der Waals surface area contributed by atoms with E-state index in [1.807, 2.05) is 0 Å². The minimum atomic E-state index is 0.909. The van der Waals surface area contributed by atoms with E-state index in [2.05, 4.69) is 83.3 Å². The third kappa shape index (κ3) is 2.59. The minimum Gasteiger partial charge on any atom is -0.496 e. The lowest BCUT2D eigenvalue weighted by molar-refractivity contribution is 0.413. The lowest BCUT2D eigenvalue weighted by Gasteiger charge is -2.09. The zero-order valence-electron chi connectivity index (χ0n) is 10.6. The maximum Gasteiger partial charge on any atom is 0.126 e. The molecule has 2 aromatic carbocycles. The highest BCUT2D eigenvalue weighted by Gasteiger charge is 2.06. The largest absolute Gasteiger partial charge is 0.496 e. The quantitative estimate of drug-likeness (QED) is 0.558. The van der Waals surface area contributed by atoms with Crippen LogP contribution in [-0.4, -0.2) is 7.11 Å². The second kappa shape index (κ2) is 5.21. The summed E-state index contributed by atoms with van der Waals surface area (Å²) in [4.78, 5) is 0. The van der Waals surface area contributed by atoms with Crippen molar-refractivity contribution in [3.8, 4) is 5.75 Å². The van der Waals surface area contributed by atoms with Crippen molar-refractivity contribution in [2.45, 2.75) is 0 Å². The van der Waals surface area contributed by atoms with Crippen LogP contribution in [0.2, 0.25) is 0 Å². The van der Waals surface area contributed by atoms with Crippen LogP contribution < -0.4 is 4.74 Å². The van der Waals surface area contributed by atoms with Gasteiger partial charge in [0.1, 0.15) is 5.75 Å². The SMILES string of the molecule is COc1cc2c(I)cc1/C=C\c1ccc(cc1)/C=C\2. The van der Waals surface area contributed by atoms with E-state index in [-0.39, 0.29) is 0 Å². The number of benzene rings is 2. The summed E-state index contributed by atoms with van der Waals surface area (Å²) in [6.07, 6.45) is 8.48. The number of hydrogen-bond acceptors (Lipinski definition) is 1. The van der Waals surface area contributed by atoms with E-state index in [4.69, 9.17) is 4.74 Å². The summed E-state index contributed by atoms with van der Waals surface area (Å²) in [7, 11) is 1.72. The van der Waals surface area contributed by atoms with Gasteiger partial charge in [-0.3, -0.25) is 0 Å². The molecule has 2 aromatic rings. The first-order valence-electron chi connectivity index (χ1n) is 6.10. The number of halogens is 1. The topological polar surface area (TPSA) is 9.23 Å². The molecule has 4 bridgehead atoms. The van der Waals surface area contributed by atoms with Crippen LogP contribution >= 0.6 is 22.6 Å². The van der Waals surface area contributed by atoms with Gasteiger partial charge in [-0.1, -0.05) is 48.6 Å². The van der Waals surface area contributed by atoms with E-state index in [9.17, 15) is 0 Å². The van der Waals surface area contributed by atoms with Gasteiger partial charge in [0.2, 0.25) is 0 Å². The Morgan fingerprint density at radius 2 is 1.37 bits per heavy atom. The lowest BCUT2D eigenvalue weighted by Crippen LogP contribution is -1.91. The Labute approximate surface area is 126 Å².